The molecule has 0 atom stereocenters. The van der Waals surface area contributed by atoms with E-state index >= 15 is 0 Å². The predicted octanol–water partition coefficient (Wildman–Crippen LogP) is 3.71. The van der Waals surface area contributed by atoms with Crippen LogP contribution in [0.2, 0.25) is 0 Å². The van der Waals surface area contributed by atoms with Crippen molar-refractivity contribution in [2.24, 2.45) is 0 Å². The van der Waals surface area contributed by atoms with Crippen molar-refractivity contribution in [3.8, 4) is 0 Å². The maximum absolute atomic E-state index is 11.9. The van der Waals surface area contributed by atoms with Crippen LogP contribution in [-0.2, 0) is 9.53 Å². The Labute approximate surface area is 113 Å². The lowest BCUT2D eigenvalue weighted by atomic mass is 10.0. The van der Waals surface area contributed by atoms with Crippen molar-refractivity contribution in [3.63, 3.8) is 0 Å². The van der Waals surface area contributed by atoms with Crippen LogP contribution in [0.1, 0.15) is 16.7 Å². The second-order valence-electron chi connectivity index (χ2n) is 4.27. The number of hydrogen-bond acceptors (Lipinski definition) is 2. The Morgan fingerprint density at radius 2 is 1.63 bits per heavy atom. The van der Waals surface area contributed by atoms with Gasteiger partial charge in [0.1, 0.15) is 0 Å². The number of aryl methyl sites for hydroxylation is 1. The maximum atomic E-state index is 11.9. The monoisotopic (exact) mass is 252 g/mol. The fraction of sp³-hybridized carbons (Fsp3) is 0.118. The van der Waals surface area contributed by atoms with Gasteiger partial charge in [-0.1, -0.05) is 54.6 Å². The fourth-order valence-corrected chi connectivity index (χ4v) is 1.89. The molecule has 0 saturated carbocycles. The standard InChI is InChI=1S/C17H16O2/c1-13-8-6-7-11-15(13)12-16(17(18)19-2)14-9-4-3-5-10-14/h3-12H,1-2H3/b16-12+. The Kier molecular flexibility index (Phi) is 4.14. The molecular formula is C17H16O2. The van der Waals surface area contributed by atoms with Gasteiger partial charge < -0.3 is 4.74 Å². The van der Waals surface area contributed by atoms with Gasteiger partial charge in [-0.05, 0) is 29.7 Å². The molecule has 0 fully saturated rings. The molecule has 2 rings (SSSR count). The third kappa shape index (κ3) is 3.10. The molecule has 2 aromatic carbocycles. The summed E-state index contributed by atoms with van der Waals surface area (Å²) in [5, 5.41) is 0. The number of benzene rings is 2. The van der Waals surface area contributed by atoms with Crippen LogP contribution in [0.3, 0.4) is 0 Å². The zero-order valence-corrected chi connectivity index (χ0v) is 11.1. The first kappa shape index (κ1) is 13.1. The molecule has 0 aliphatic heterocycles. The molecule has 0 bridgehead atoms. The van der Waals surface area contributed by atoms with Crippen LogP contribution in [0.25, 0.3) is 11.6 Å². The summed E-state index contributed by atoms with van der Waals surface area (Å²) < 4.78 is 4.87. The van der Waals surface area contributed by atoms with Gasteiger partial charge in [-0.3, -0.25) is 0 Å². The van der Waals surface area contributed by atoms with Crippen molar-refractivity contribution in [2.45, 2.75) is 6.92 Å². The number of hydrogen-bond donors (Lipinski definition) is 0. The summed E-state index contributed by atoms with van der Waals surface area (Å²) in [6, 6.07) is 17.5. The molecule has 0 amide bonds. The summed E-state index contributed by atoms with van der Waals surface area (Å²) in [7, 11) is 1.40. The fourth-order valence-electron chi connectivity index (χ4n) is 1.89. The molecule has 0 heterocycles. The van der Waals surface area contributed by atoms with E-state index in [1.165, 1.54) is 7.11 Å². The molecule has 0 aliphatic rings. The lowest BCUT2D eigenvalue weighted by Gasteiger charge is -2.07. The molecule has 0 saturated heterocycles. The highest BCUT2D eigenvalue weighted by Crippen LogP contribution is 2.21. The molecule has 0 aromatic heterocycles. The van der Waals surface area contributed by atoms with Crippen molar-refractivity contribution < 1.29 is 9.53 Å². The van der Waals surface area contributed by atoms with Crippen molar-refractivity contribution >= 4 is 17.6 Å². The van der Waals surface area contributed by atoms with Gasteiger partial charge >= 0.3 is 5.97 Å². The van der Waals surface area contributed by atoms with Crippen LogP contribution < -0.4 is 0 Å². The van der Waals surface area contributed by atoms with Gasteiger partial charge in [-0.25, -0.2) is 4.79 Å². The van der Waals surface area contributed by atoms with Crippen LogP contribution in [0.15, 0.2) is 54.6 Å². The highest BCUT2D eigenvalue weighted by molar-refractivity contribution is 6.21. The predicted molar refractivity (Wildman–Crippen MR) is 77.5 cm³/mol. The molecule has 96 valence electrons. The largest absolute Gasteiger partial charge is 0.465 e. The lowest BCUT2D eigenvalue weighted by molar-refractivity contribution is -0.133. The number of methoxy groups -OCH3 is 1. The number of rotatable bonds is 3. The number of carbonyl (C=O) groups is 1. The molecule has 19 heavy (non-hydrogen) atoms. The SMILES string of the molecule is COC(=O)/C(=C/c1ccccc1C)c1ccccc1. The van der Waals surface area contributed by atoms with Crippen LogP contribution in [-0.4, -0.2) is 13.1 Å². The van der Waals surface area contributed by atoms with E-state index in [1.54, 1.807) is 0 Å². The number of esters is 1. The third-order valence-corrected chi connectivity index (χ3v) is 2.98. The number of carbonyl (C=O) groups excluding carboxylic acids is 1. The van der Waals surface area contributed by atoms with Gasteiger partial charge in [0.25, 0.3) is 0 Å². The molecule has 2 heteroatoms. The van der Waals surface area contributed by atoms with E-state index in [1.807, 2.05) is 67.6 Å². The summed E-state index contributed by atoms with van der Waals surface area (Å²) in [6.07, 6.45) is 1.87. The highest BCUT2D eigenvalue weighted by atomic mass is 16.5. The maximum Gasteiger partial charge on any atom is 0.338 e. The van der Waals surface area contributed by atoms with Crippen molar-refractivity contribution in [3.05, 3.63) is 71.3 Å². The van der Waals surface area contributed by atoms with E-state index in [2.05, 4.69) is 0 Å². The van der Waals surface area contributed by atoms with Gasteiger partial charge in [0.05, 0.1) is 12.7 Å². The van der Waals surface area contributed by atoms with Crippen molar-refractivity contribution in [1.82, 2.24) is 0 Å². The molecule has 0 unspecified atom stereocenters. The van der Waals surface area contributed by atoms with Gasteiger partial charge in [0, 0.05) is 0 Å². The van der Waals surface area contributed by atoms with Gasteiger partial charge in [0.2, 0.25) is 0 Å². The summed E-state index contributed by atoms with van der Waals surface area (Å²) >= 11 is 0. The Hall–Kier alpha value is -2.35. The average molecular weight is 252 g/mol. The molecule has 0 radical (unpaired) electrons. The summed E-state index contributed by atoms with van der Waals surface area (Å²) in [5.41, 5.74) is 3.57. The summed E-state index contributed by atoms with van der Waals surface area (Å²) in [5.74, 6) is -0.325. The quantitative estimate of drug-likeness (QED) is 0.473. The first-order chi connectivity index (χ1) is 9.22. The van der Waals surface area contributed by atoms with Crippen LogP contribution in [0.4, 0.5) is 0 Å². The van der Waals surface area contributed by atoms with Gasteiger partial charge in [-0.2, -0.15) is 0 Å². The lowest BCUT2D eigenvalue weighted by Crippen LogP contribution is -2.04. The molecule has 2 aromatic rings. The summed E-state index contributed by atoms with van der Waals surface area (Å²) in [6.45, 7) is 2.02. The molecular weight excluding hydrogens is 236 g/mol. The molecule has 0 spiro atoms. The third-order valence-electron chi connectivity index (χ3n) is 2.98. The van der Waals surface area contributed by atoms with Crippen LogP contribution in [0.5, 0.6) is 0 Å². The smallest absolute Gasteiger partial charge is 0.338 e. The Morgan fingerprint density at radius 1 is 1.00 bits per heavy atom. The second-order valence-corrected chi connectivity index (χ2v) is 4.27. The van der Waals surface area contributed by atoms with Crippen LogP contribution in [0, 0.1) is 6.92 Å². The zero-order chi connectivity index (χ0) is 13.7. The van der Waals surface area contributed by atoms with E-state index in [0.717, 1.165) is 16.7 Å². The minimum absolute atomic E-state index is 0.325. The van der Waals surface area contributed by atoms with E-state index in [9.17, 15) is 4.79 Å². The second kappa shape index (κ2) is 6.01. The Morgan fingerprint density at radius 3 is 2.26 bits per heavy atom. The van der Waals surface area contributed by atoms with Gasteiger partial charge in [0.15, 0.2) is 0 Å². The average Bonchev–Trinajstić information content (AvgIpc) is 2.46. The van der Waals surface area contributed by atoms with Crippen molar-refractivity contribution in [1.29, 1.82) is 0 Å². The Bertz CT molecular complexity index is 598. The van der Waals surface area contributed by atoms with Crippen molar-refractivity contribution in [2.75, 3.05) is 7.11 Å². The van der Waals surface area contributed by atoms with Gasteiger partial charge in [-0.15, -0.1) is 0 Å². The van der Waals surface area contributed by atoms with E-state index < -0.39 is 0 Å². The minimum Gasteiger partial charge on any atom is -0.465 e. The number of ether oxygens (including phenoxy) is 1. The van der Waals surface area contributed by atoms with E-state index in [4.69, 9.17) is 4.74 Å². The zero-order valence-electron chi connectivity index (χ0n) is 11.1. The normalized spacial score (nSPS) is 11.2. The molecule has 2 nitrogen and oxygen atoms in total. The van der Waals surface area contributed by atoms with E-state index in [0.29, 0.717) is 5.57 Å². The first-order valence-electron chi connectivity index (χ1n) is 6.13. The topological polar surface area (TPSA) is 26.3 Å². The first-order valence-corrected chi connectivity index (χ1v) is 6.13. The molecule has 0 N–H and O–H groups in total. The molecule has 0 aliphatic carbocycles. The summed E-state index contributed by atoms with van der Waals surface area (Å²) in [4.78, 5) is 11.9. The highest BCUT2D eigenvalue weighted by Gasteiger charge is 2.12. The van der Waals surface area contributed by atoms with E-state index in [-0.39, 0.29) is 5.97 Å². The minimum atomic E-state index is -0.325. The van der Waals surface area contributed by atoms with Crippen LogP contribution >= 0.6 is 0 Å². The Balaban J connectivity index is 2.51.